The molecule has 1 aromatic rings. The summed E-state index contributed by atoms with van der Waals surface area (Å²) in [4.78, 5) is 13.6. The molecule has 2 aliphatic rings. The summed E-state index contributed by atoms with van der Waals surface area (Å²) in [5.74, 6) is 1.26. The Morgan fingerprint density at radius 2 is 2.16 bits per heavy atom. The molecule has 0 spiro atoms. The number of fused-ring (bicyclic) bond motifs is 1. The molecule has 3 rings (SSSR count). The topological polar surface area (TPSA) is 41.1 Å². The van der Waals surface area contributed by atoms with Gasteiger partial charge in [0.25, 0.3) is 0 Å². The molecule has 4 heteroatoms. The zero-order valence-corrected chi connectivity index (χ0v) is 11.8. The van der Waals surface area contributed by atoms with Crippen LogP contribution in [-0.4, -0.2) is 24.2 Å². The molecule has 1 aromatic carbocycles. The Kier molecular flexibility index (Phi) is 4.09. The number of piperidine rings is 1. The van der Waals surface area contributed by atoms with Crippen LogP contribution in [0.25, 0.3) is 0 Å². The van der Waals surface area contributed by atoms with Crippen molar-refractivity contribution in [2.75, 3.05) is 12.3 Å². The van der Waals surface area contributed by atoms with Gasteiger partial charge in [-0.2, -0.15) is 0 Å². The third kappa shape index (κ3) is 2.95. The van der Waals surface area contributed by atoms with E-state index < -0.39 is 0 Å². The molecule has 1 fully saturated rings. The van der Waals surface area contributed by atoms with Crippen LogP contribution < -0.4 is 10.6 Å². The number of carbonyl (C=O) groups excluding carboxylic acids is 1. The van der Waals surface area contributed by atoms with Crippen LogP contribution in [0, 0.1) is 0 Å². The van der Waals surface area contributed by atoms with Gasteiger partial charge in [-0.1, -0.05) is 24.6 Å². The van der Waals surface area contributed by atoms with Crippen molar-refractivity contribution in [3.63, 3.8) is 0 Å². The minimum atomic E-state index is 0.00971. The first-order valence-electron chi connectivity index (χ1n) is 7.10. The van der Waals surface area contributed by atoms with Crippen LogP contribution in [0.2, 0.25) is 0 Å². The number of hydrogen-bond acceptors (Lipinski definition) is 3. The fraction of sp³-hybridized carbons (Fsp3) is 0.533. The van der Waals surface area contributed by atoms with E-state index in [-0.39, 0.29) is 18.0 Å². The normalized spacial score (nSPS) is 26.5. The van der Waals surface area contributed by atoms with Gasteiger partial charge in [0.1, 0.15) is 0 Å². The Hall–Kier alpha value is -1.00. The Balaban J connectivity index is 1.68. The highest BCUT2D eigenvalue weighted by Gasteiger charge is 2.26. The Labute approximate surface area is 118 Å². The number of benzene rings is 1. The molecule has 0 aliphatic carbocycles. The zero-order chi connectivity index (χ0) is 13.1. The molecule has 2 atom stereocenters. The van der Waals surface area contributed by atoms with E-state index in [1.54, 1.807) is 0 Å². The van der Waals surface area contributed by atoms with Gasteiger partial charge in [0.05, 0.1) is 12.1 Å². The molecule has 0 bridgehead atoms. The van der Waals surface area contributed by atoms with Gasteiger partial charge in [-0.15, -0.1) is 11.8 Å². The number of thioether (sulfide) groups is 1. The molecule has 19 heavy (non-hydrogen) atoms. The number of rotatable bonds is 2. The van der Waals surface area contributed by atoms with Crippen molar-refractivity contribution in [3.05, 3.63) is 29.8 Å². The second-order valence-corrected chi connectivity index (χ2v) is 6.38. The average Bonchev–Trinajstić information content (AvgIpc) is 2.48. The van der Waals surface area contributed by atoms with Crippen LogP contribution in [0.1, 0.15) is 37.3 Å². The Bertz CT molecular complexity index is 457. The molecule has 2 unspecified atom stereocenters. The van der Waals surface area contributed by atoms with Crippen LogP contribution in [0.5, 0.6) is 0 Å². The Morgan fingerprint density at radius 3 is 3.00 bits per heavy atom. The summed E-state index contributed by atoms with van der Waals surface area (Å²) in [7, 11) is 0. The molecule has 1 amide bonds. The smallest absolute Gasteiger partial charge is 0.237 e. The maximum atomic E-state index is 12.3. The van der Waals surface area contributed by atoms with Gasteiger partial charge >= 0.3 is 0 Å². The number of nitrogens with one attached hydrogen (secondary N) is 2. The third-order valence-corrected chi connectivity index (χ3v) is 5.02. The van der Waals surface area contributed by atoms with Crippen LogP contribution in [0.4, 0.5) is 0 Å². The second-order valence-electron chi connectivity index (χ2n) is 5.24. The molecule has 2 aliphatic heterocycles. The lowest BCUT2D eigenvalue weighted by Gasteiger charge is -2.29. The van der Waals surface area contributed by atoms with E-state index in [2.05, 4.69) is 34.9 Å². The van der Waals surface area contributed by atoms with E-state index in [1.807, 2.05) is 11.8 Å². The predicted molar refractivity (Wildman–Crippen MR) is 78.3 cm³/mol. The maximum absolute atomic E-state index is 12.3. The van der Waals surface area contributed by atoms with E-state index in [0.29, 0.717) is 0 Å². The highest BCUT2D eigenvalue weighted by atomic mass is 32.2. The number of hydrogen-bond donors (Lipinski definition) is 2. The first-order valence-corrected chi connectivity index (χ1v) is 8.08. The summed E-state index contributed by atoms with van der Waals surface area (Å²) in [6.07, 6.45) is 4.34. The lowest BCUT2D eigenvalue weighted by Crippen LogP contribution is -2.47. The van der Waals surface area contributed by atoms with Gasteiger partial charge in [-0.25, -0.2) is 0 Å². The highest BCUT2D eigenvalue weighted by molar-refractivity contribution is 7.99. The predicted octanol–water partition coefficient (Wildman–Crippen LogP) is 2.48. The molecule has 0 radical (unpaired) electrons. The fourth-order valence-electron chi connectivity index (χ4n) is 2.84. The lowest BCUT2D eigenvalue weighted by molar-refractivity contribution is -0.124. The van der Waals surface area contributed by atoms with E-state index >= 15 is 0 Å². The van der Waals surface area contributed by atoms with Gasteiger partial charge in [0.15, 0.2) is 0 Å². The molecular formula is C15H20N2OS. The molecule has 0 saturated carbocycles. The molecule has 0 aromatic heterocycles. The standard InChI is InChI=1S/C15H20N2OS/c18-15(13-6-3-4-9-16-13)17-12-8-10-19-14-7-2-1-5-11(12)14/h1-2,5,7,12-13,16H,3-4,6,8-10H2,(H,17,18). The quantitative estimate of drug-likeness (QED) is 0.872. The van der Waals surface area contributed by atoms with Crippen LogP contribution in [0.15, 0.2) is 29.2 Å². The minimum Gasteiger partial charge on any atom is -0.348 e. The first kappa shape index (κ1) is 13.0. The van der Waals surface area contributed by atoms with E-state index in [4.69, 9.17) is 0 Å². The second kappa shape index (κ2) is 5.97. The average molecular weight is 276 g/mol. The van der Waals surface area contributed by atoms with Gasteiger partial charge in [-0.3, -0.25) is 4.79 Å². The molecular weight excluding hydrogens is 256 g/mol. The van der Waals surface area contributed by atoms with Crippen molar-refractivity contribution in [1.82, 2.24) is 10.6 Å². The zero-order valence-electron chi connectivity index (χ0n) is 11.0. The SMILES string of the molecule is O=C(NC1CCSc2ccccc21)C1CCCCN1. The van der Waals surface area contributed by atoms with Crippen molar-refractivity contribution in [1.29, 1.82) is 0 Å². The monoisotopic (exact) mass is 276 g/mol. The van der Waals surface area contributed by atoms with E-state index in [9.17, 15) is 4.79 Å². The van der Waals surface area contributed by atoms with Crippen LogP contribution in [0.3, 0.4) is 0 Å². The summed E-state index contributed by atoms with van der Waals surface area (Å²) in [6.45, 7) is 0.967. The van der Waals surface area contributed by atoms with Gasteiger partial charge in [0.2, 0.25) is 5.91 Å². The largest absolute Gasteiger partial charge is 0.348 e. The first-order chi connectivity index (χ1) is 9.34. The fourth-order valence-corrected chi connectivity index (χ4v) is 3.97. The van der Waals surface area contributed by atoms with E-state index in [1.165, 1.54) is 16.9 Å². The van der Waals surface area contributed by atoms with Crippen molar-refractivity contribution < 1.29 is 4.79 Å². The Morgan fingerprint density at radius 1 is 1.26 bits per heavy atom. The molecule has 1 saturated heterocycles. The summed E-state index contributed by atoms with van der Waals surface area (Å²) < 4.78 is 0. The van der Waals surface area contributed by atoms with Crippen molar-refractivity contribution in [2.24, 2.45) is 0 Å². The molecule has 2 heterocycles. The lowest BCUT2D eigenvalue weighted by atomic mass is 10.0. The maximum Gasteiger partial charge on any atom is 0.237 e. The number of carbonyl (C=O) groups is 1. The van der Waals surface area contributed by atoms with Crippen LogP contribution in [-0.2, 0) is 4.79 Å². The van der Waals surface area contributed by atoms with Crippen molar-refractivity contribution >= 4 is 17.7 Å². The summed E-state index contributed by atoms with van der Waals surface area (Å²) in [6, 6.07) is 8.61. The highest BCUT2D eigenvalue weighted by Crippen LogP contribution is 2.35. The molecule has 2 N–H and O–H groups in total. The summed E-state index contributed by atoms with van der Waals surface area (Å²) in [5.41, 5.74) is 1.28. The van der Waals surface area contributed by atoms with Crippen LogP contribution >= 0.6 is 11.8 Å². The number of amides is 1. The van der Waals surface area contributed by atoms with Gasteiger partial charge in [-0.05, 0) is 37.4 Å². The molecule has 102 valence electrons. The summed E-state index contributed by atoms with van der Waals surface area (Å²) in [5, 5.41) is 6.55. The van der Waals surface area contributed by atoms with Crippen molar-refractivity contribution in [2.45, 2.75) is 42.7 Å². The van der Waals surface area contributed by atoms with Crippen molar-refractivity contribution in [3.8, 4) is 0 Å². The van der Waals surface area contributed by atoms with Gasteiger partial charge < -0.3 is 10.6 Å². The molecule has 3 nitrogen and oxygen atoms in total. The third-order valence-electron chi connectivity index (χ3n) is 3.90. The van der Waals surface area contributed by atoms with Gasteiger partial charge in [0, 0.05) is 10.6 Å². The van der Waals surface area contributed by atoms with E-state index in [0.717, 1.165) is 31.6 Å². The minimum absolute atomic E-state index is 0.00971. The summed E-state index contributed by atoms with van der Waals surface area (Å²) >= 11 is 1.89.